The number of anilines is 1. The lowest BCUT2D eigenvalue weighted by Gasteiger charge is -2.05. The summed E-state index contributed by atoms with van der Waals surface area (Å²) in [6.07, 6.45) is 10.7. The molecule has 0 saturated heterocycles. The molecule has 4 N–H and O–H groups in total. The zero-order valence-corrected chi connectivity index (χ0v) is 18.6. The van der Waals surface area contributed by atoms with Gasteiger partial charge in [0.1, 0.15) is 6.54 Å². The van der Waals surface area contributed by atoms with Crippen LogP contribution in [0.1, 0.15) is 43.1 Å². The molecule has 0 fully saturated rings. The van der Waals surface area contributed by atoms with E-state index in [2.05, 4.69) is 31.7 Å². The van der Waals surface area contributed by atoms with E-state index < -0.39 is 0 Å². The van der Waals surface area contributed by atoms with Crippen molar-refractivity contribution in [3.63, 3.8) is 0 Å². The molecule has 1 amide bonds. The molecule has 3 aromatic rings. The fraction of sp³-hybridized carbons (Fsp3) is 0.364. The van der Waals surface area contributed by atoms with Crippen molar-refractivity contribution in [2.45, 2.75) is 45.6 Å². The Morgan fingerprint density at radius 3 is 2.71 bits per heavy atom. The number of benzene rings is 1. The van der Waals surface area contributed by atoms with Gasteiger partial charge in [-0.2, -0.15) is 0 Å². The number of nitrogens with one attached hydrogen (secondary N) is 2. The van der Waals surface area contributed by atoms with Crippen LogP contribution in [-0.2, 0) is 24.2 Å². The highest BCUT2D eigenvalue weighted by Crippen LogP contribution is 2.08. The van der Waals surface area contributed by atoms with Crippen LogP contribution >= 0.6 is 12.4 Å². The SMILES string of the molecule is C/C(=C\c1ccccc1)CNC(=O)Cn1cc(CCCCCc2cnc(N)[nH]2)nn1.Cl. The molecule has 0 aliphatic carbocycles. The van der Waals surface area contributed by atoms with E-state index in [9.17, 15) is 4.79 Å². The number of nitrogens with two attached hydrogens (primary N) is 1. The third-order valence-electron chi connectivity index (χ3n) is 4.70. The Bertz CT molecular complexity index is 965. The first-order valence-electron chi connectivity index (χ1n) is 10.3. The van der Waals surface area contributed by atoms with Crippen LogP contribution in [0.25, 0.3) is 6.08 Å². The van der Waals surface area contributed by atoms with Gasteiger partial charge in [0.05, 0.1) is 11.9 Å². The first-order valence-corrected chi connectivity index (χ1v) is 10.3. The first kappa shape index (κ1) is 24.1. The number of aromatic amines is 1. The molecular formula is C22H30ClN7O. The predicted molar refractivity (Wildman–Crippen MR) is 125 cm³/mol. The van der Waals surface area contributed by atoms with Crippen molar-refractivity contribution in [1.29, 1.82) is 0 Å². The number of halogens is 1. The van der Waals surface area contributed by atoms with Crippen LogP contribution in [0.4, 0.5) is 5.95 Å². The number of H-pyrrole nitrogens is 1. The maximum absolute atomic E-state index is 12.2. The largest absolute Gasteiger partial charge is 0.369 e. The minimum Gasteiger partial charge on any atom is -0.369 e. The van der Waals surface area contributed by atoms with E-state index in [1.165, 1.54) is 0 Å². The van der Waals surface area contributed by atoms with Gasteiger partial charge < -0.3 is 16.0 Å². The maximum atomic E-state index is 12.2. The second kappa shape index (κ2) is 12.5. The monoisotopic (exact) mass is 443 g/mol. The normalized spacial score (nSPS) is 11.2. The van der Waals surface area contributed by atoms with Gasteiger partial charge in [-0.05, 0) is 38.2 Å². The van der Waals surface area contributed by atoms with Gasteiger partial charge in [0.15, 0.2) is 5.95 Å². The number of nitrogen functional groups attached to an aromatic ring is 1. The highest BCUT2D eigenvalue weighted by Gasteiger charge is 2.06. The van der Waals surface area contributed by atoms with Gasteiger partial charge in [-0.25, -0.2) is 9.67 Å². The molecule has 8 nitrogen and oxygen atoms in total. The number of carbonyl (C=O) groups excluding carboxylic acids is 1. The van der Waals surface area contributed by atoms with Crippen LogP contribution in [0.5, 0.6) is 0 Å². The predicted octanol–water partition coefficient (Wildman–Crippen LogP) is 3.18. The van der Waals surface area contributed by atoms with E-state index in [1.807, 2.05) is 43.5 Å². The quantitative estimate of drug-likeness (QED) is 0.394. The van der Waals surface area contributed by atoms with Crippen molar-refractivity contribution in [2.24, 2.45) is 0 Å². The van der Waals surface area contributed by atoms with Crippen molar-refractivity contribution in [3.05, 3.63) is 65.2 Å². The zero-order valence-electron chi connectivity index (χ0n) is 17.8. The Balaban J connectivity index is 0.00000341. The van der Waals surface area contributed by atoms with E-state index in [4.69, 9.17) is 5.73 Å². The van der Waals surface area contributed by atoms with Gasteiger partial charge in [-0.1, -0.05) is 53.6 Å². The Morgan fingerprint density at radius 2 is 1.97 bits per heavy atom. The van der Waals surface area contributed by atoms with Crippen LogP contribution in [0.15, 0.2) is 48.3 Å². The summed E-state index contributed by atoms with van der Waals surface area (Å²) in [5.41, 5.74) is 9.76. The summed E-state index contributed by atoms with van der Waals surface area (Å²) < 4.78 is 1.59. The molecular weight excluding hydrogens is 414 g/mol. The molecule has 166 valence electrons. The van der Waals surface area contributed by atoms with E-state index in [-0.39, 0.29) is 24.9 Å². The molecule has 31 heavy (non-hydrogen) atoms. The molecule has 0 aliphatic heterocycles. The number of nitrogens with zero attached hydrogens (tertiary/aromatic N) is 4. The average molecular weight is 444 g/mol. The molecule has 0 radical (unpaired) electrons. The smallest absolute Gasteiger partial charge is 0.242 e. The summed E-state index contributed by atoms with van der Waals surface area (Å²) in [4.78, 5) is 19.2. The van der Waals surface area contributed by atoms with Crippen molar-refractivity contribution < 1.29 is 4.79 Å². The summed E-state index contributed by atoms with van der Waals surface area (Å²) in [5.74, 6) is 0.388. The highest BCUT2D eigenvalue weighted by atomic mass is 35.5. The molecule has 0 unspecified atom stereocenters. The lowest BCUT2D eigenvalue weighted by atomic mass is 10.1. The third-order valence-corrected chi connectivity index (χ3v) is 4.70. The number of carbonyl (C=O) groups is 1. The number of rotatable bonds is 11. The summed E-state index contributed by atoms with van der Waals surface area (Å²) in [6, 6.07) is 10.1. The van der Waals surface area contributed by atoms with Gasteiger partial charge >= 0.3 is 0 Å². The van der Waals surface area contributed by atoms with Crippen LogP contribution in [-0.4, -0.2) is 37.4 Å². The Labute approximate surface area is 188 Å². The molecule has 0 aliphatic rings. The second-order valence-electron chi connectivity index (χ2n) is 7.44. The molecule has 9 heteroatoms. The van der Waals surface area contributed by atoms with Crippen LogP contribution < -0.4 is 11.1 Å². The summed E-state index contributed by atoms with van der Waals surface area (Å²) in [7, 11) is 0. The first-order chi connectivity index (χ1) is 14.6. The minimum atomic E-state index is -0.0777. The molecule has 2 heterocycles. The summed E-state index contributed by atoms with van der Waals surface area (Å²) in [5, 5.41) is 11.2. The summed E-state index contributed by atoms with van der Waals surface area (Å²) >= 11 is 0. The number of hydrogen-bond donors (Lipinski definition) is 3. The fourth-order valence-corrected chi connectivity index (χ4v) is 3.16. The average Bonchev–Trinajstić information content (AvgIpc) is 3.35. The van der Waals surface area contributed by atoms with Gasteiger partial charge in [0, 0.05) is 18.4 Å². The molecule has 2 aromatic heterocycles. The second-order valence-corrected chi connectivity index (χ2v) is 7.44. The molecule has 0 spiro atoms. The highest BCUT2D eigenvalue weighted by molar-refractivity contribution is 5.85. The minimum absolute atomic E-state index is 0. The van der Waals surface area contributed by atoms with Gasteiger partial charge in [-0.3, -0.25) is 4.79 Å². The van der Waals surface area contributed by atoms with E-state index in [0.29, 0.717) is 12.5 Å². The van der Waals surface area contributed by atoms with Gasteiger partial charge in [0.2, 0.25) is 5.91 Å². The topological polar surface area (TPSA) is 115 Å². The number of imidazole rings is 1. The molecule has 0 saturated carbocycles. The van der Waals surface area contributed by atoms with Crippen molar-refractivity contribution in [3.8, 4) is 0 Å². The molecule has 1 aromatic carbocycles. The lowest BCUT2D eigenvalue weighted by molar-refractivity contribution is -0.121. The molecule has 0 bridgehead atoms. The Hall–Kier alpha value is -3.13. The van der Waals surface area contributed by atoms with Crippen LogP contribution in [0.3, 0.4) is 0 Å². The zero-order chi connectivity index (χ0) is 21.2. The number of aryl methyl sites for hydroxylation is 2. The van der Waals surface area contributed by atoms with E-state index in [0.717, 1.165) is 54.6 Å². The lowest BCUT2D eigenvalue weighted by Crippen LogP contribution is -2.29. The maximum Gasteiger partial charge on any atom is 0.242 e. The van der Waals surface area contributed by atoms with Crippen molar-refractivity contribution >= 4 is 30.3 Å². The number of unbranched alkanes of at least 4 members (excludes halogenated alkanes) is 2. The van der Waals surface area contributed by atoms with Gasteiger partial charge in [0.25, 0.3) is 0 Å². The number of amides is 1. The fourth-order valence-electron chi connectivity index (χ4n) is 3.16. The molecule has 3 rings (SSSR count). The Kier molecular flexibility index (Phi) is 9.77. The van der Waals surface area contributed by atoms with E-state index >= 15 is 0 Å². The van der Waals surface area contributed by atoms with E-state index in [1.54, 1.807) is 10.9 Å². The number of hydrogen-bond acceptors (Lipinski definition) is 5. The van der Waals surface area contributed by atoms with Crippen LogP contribution in [0.2, 0.25) is 0 Å². The van der Waals surface area contributed by atoms with Crippen molar-refractivity contribution in [1.82, 2.24) is 30.3 Å². The standard InChI is InChI=1S/C22H29N7O.ClH/c1-17(12-18-8-4-2-5-9-18)13-24-21(30)16-29-15-20(27-28-29)11-7-3-6-10-19-14-25-22(23)26-19;/h2,4-5,8-9,12,14-15H,3,6-7,10-11,13,16H2,1H3,(H,24,30)(H3,23,25,26);1H/b17-12+;. The Morgan fingerprint density at radius 1 is 1.19 bits per heavy atom. The molecule has 0 atom stereocenters. The van der Waals surface area contributed by atoms with Crippen LogP contribution in [0, 0.1) is 0 Å². The van der Waals surface area contributed by atoms with Gasteiger partial charge in [-0.15, -0.1) is 17.5 Å². The third kappa shape index (κ3) is 8.64. The van der Waals surface area contributed by atoms with Crippen molar-refractivity contribution in [2.75, 3.05) is 12.3 Å². The number of aromatic nitrogens is 5. The summed E-state index contributed by atoms with van der Waals surface area (Å²) in [6.45, 7) is 2.69.